The molecule has 0 saturated heterocycles. The summed E-state index contributed by atoms with van der Waals surface area (Å²) in [5, 5.41) is 0. The minimum Gasteiger partial charge on any atom is -0.496 e. The average Bonchev–Trinajstić information content (AvgIpc) is 2.25. The maximum atomic E-state index is 12.2. The van der Waals surface area contributed by atoms with Gasteiger partial charge in [0.2, 0.25) is 10.0 Å². The second kappa shape index (κ2) is 5.48. The van der Waals surface area contributed by atoms with E-state index >= 15 is 0 Å². The lowest BCUT2D eigenvalue weighted by atomic mass is 10.1. The Kier molecular flexibility index (Phi) is 4.60. The number of methoxy groups -OCH3 is 1. The largest absolute Gasteiger partial charge is 0.496 e. The van der Waals surface area contributed by atoms with Crippen molar-refractivity contribution in [2.45, 2.75) is 38.1 Å². The van der Waals surface area contributed by atoms with Gasteiger partial charge in [0, 0.05) is 12.1 Å². The van der Waals surface area contributed by atoms with Crippen LogP contribution in [0.4, 0.5) is 0 Å². The molecule has 0 fully saturated rings. The van der Waals surface area contributed by atoms with E-state index in [1.54, 1.807) is 33.1 Å². The molecule has 0 aliphatic rings. The summed E-state index contributed by atoms with van der Waals surface area (Å²) in [6.07, 6.45) is 0. The van der Waals surface area contributed by atoms with Gasteiger partial charge in [-0.25, -0.2) is 13.1 Å². The summed E-state index contributed by atoms with van der Waals surface area (Å²) in [5.41, 5.74) is 6.76. The number of sulfonamides is 1. The second-order valence-electron chi connectivity index (χ2n) is 5.40. The third kappa shape index (κ3) is 4.19. The molecule has 0 radical (unpaired) electrons. The lowest BCUT2D eigenvalue weighted by Crippen LogP contribution is -2.45. The Bertz CT molecular complexity index is 537. The quantitative estimate of drug-likeness (QED) is 0.855. The van der Waals surface area contributed by atoms with Gasteiger partial charge in [-0.1, -0.05) is 0 Å². The highest BCUT2D eigenvalue weighted by atomic mass is 32.2. The van der Waals surface area contributed by atoms with Crippen molar-refractivity contribution in [2.75, 3.05) is 13.7 Å². The van der Waals surface area contributed by atoms with Crippen molar-refractivity contribution in [2.24, 2.45) is 5.73 Å². The molecule has 0 aliphatic heterocycles. The predicted molar refractivity (Wildman–Crippen MR) is 75.9 cm³/mol. The van der Waals surface area contributed by atoms with Gasteiger partial charge >= 0.3 is 0 Å². The monoisotopic (exact) mass is 286 g/mol. The van der Waals surface area contributed by atoms with E-state index in [2.05, 4.69) is 4.72 Å². The average molecular weight is 286 g/mol. The Labute approximate surface area is 115 Å². The summed E-state index contributed by atoms with van der Waals surface area (Å²) in [4.78, 5) is 0.229. The Morgan fingerprint density at radius 3 is 2.11 bits per heavy atom. The zero-order valence-electron chi connectivity index (χ0n) is 12.1. The van der Waals surface area contributed by atoms with Gasteiger partial charge in [-0.3, -0.25) is 0 Å². The number of aryl methyl sites for hydroxylation is 2. The van der Waals surface area contributed by atoms with Crippen LogP contribution in [0.3, 0.4) is 0 Å². The third-order valence-corrected chi connectivity index (χ3v) is 4.05. The van der Waals surface area contributed by atoms with Crippen LogP contribution in [-0.4, -0.2) is 27.6 Å². The fourth-order valence-electron chi connectivity index (χ4n) is 1.75. The maximum Gasteiger partial charge on any atom is 0.240 e. The molecule has 0 atom stereocenters. The fourth-order valence-corrected chi connectivity index (χ4v) is 3.14. The number of benzene rings is 1. The van der Waals surface area contributed by atoms with E-state index in [1.807, 2.05) is 13.8 Å². The van der Waals surface area contributed by atoms with Crippen LogP contribution in [0.2, 0.25) is 0 Å². The number of hydrogen-bond acceptors (Lipinski definition) is 4. The van der Waals surface area contributed by atoms with Gasteiger partial charge in [-0.2, -0.15) is 0 Å². The van der Waals surface area contributed by atoms with Gasteiger partial charge in [0.25, 0.3) is 0 Å². The van der Waals surface area contributed by atoms with E-state index in [0.717, 1.165) is 11.1 Å². The van der Waals surface area contributed by atoms with Crippen molar-refractivity contribution in [3.63, 3.8) is 0 Å². The number of nitrogens with two attached hydrogens (primary N) is 1. The minimum atomic E-state index is -3.55. The van der Waals surface area contributed by atoms with E-state index in [4.69, 9.17) is 10.5 Å². The molecular formula is C13H22N2O3S. The Morgan fingerprint density at radius 1 is 1.26 bits per heavy atom. The van der Waals surface area contributed by atoms with Gasteiger partial charge < -0.3 is 10.5 Å². The molecule has 0 amide bonds. The summed E-state index contributed by atoms with van der Waals surface area (Å²) in [5.74, 6) is 0.707. The van der Waals surface area contributed by atoms with Crippen LogP contribution in [0.15, 0.2) is 17.0 Å². The van der Waals surface area contributed by atoms with Crippen molar-refractivity contribution >= 4 is 10.0 Å². The molecule has 0 aliphatic carbocycles. The molecule has 1 aromatic carbocycles. The molecule has 1 rings (SSSR count). The lowest BCUT2D eigenvalue weighted by molar-refractivity contribution is 0.408. The molecule has 108 valence electrons. The normalized spacial score (nSPS) is 12.5. The van der Waals surface area contributed by atoms with Gasteiger partial charge in [0.05, 0.1) is 12.0 Å². The van der Waals surface area contributed by atoms with Gasteiger partial charge in [0.15, 0.2) is 0 Å². The van der Waals surface area contributed by atoms with Crippen molar-refractivity contribution in [3.8, 4) is 5.75 Å². The highest BCUT2D eigenvalue weighted by Crippen LogP contribution is 2.26. The fraction of sp³-hybridized carbons (Fsp3) is 0.538. The summed E-state index contributed by atoms with van der Waals surface area (Å²) >= 11 is 0. The van der Waals surface area contributed by atoms with Crippen LogP contribution in [0.1, 0.15) is 25.0 Å². The van der Waals surface area contributed by atoms with Crippen molar-refractivity contribution in [1.82, 2.24) is 4.72 Å². The topological polar surface area (TPSA) is 81.4 Å². The molecule has 0 bridgehead atoms. The first-order chi connectivity index (χ1) is 8.57. The zero-order chi connectivity index (χ0) is 14.8. The van der Waals surface area contributed by atoms with Crippen LogP contribution in [0.5, 0.6) is 5.75 Å². The molecule has 5 nitrogen and oxygen atoms in total. The Hall–Kier alpha value is -1.11. The van der Waals surface area contributed by atoms with Crippen molar-refractivity contribution < 1.29 is 13.2 Å². The minimum absolute atomic E-state index is 0.180. The van der Waals surface area contributed by atoms with Gasteiger partial charge in [-0.05, 0) is 51.0 Å². The standard InChI is InChI=1S/C13H22N2O3S/c1-9-6-11(7-10(2)12(9)18-5)19(16,17)15-8-13(3,4)14/h6-7,15H,8,14H2,1-5H3. The molecule has 19 heavy (non-hydrogen) atoms. The van der Waals surface area contributed by atoms with Crippen molar-refractivity contribution in [1.29, 1.82) is 0 Å². The molecule has 0 spiro atoms. The van der Waals surface area contributed by atoms with Crippen LogP contribution >= 0.6 is 0 Å². The van der Waals surface area contributed by atoms with Gasteiger partial charge in [-0.15, -0.1) is 0 Å². The first-order valence-electron chi connectivity index (χ1n) is 6.00. The van der Waals surface area contributed by atoms with Crippen LogP contribution < -0.4 is 15.2 Å². The number of rotatable bonds is 5. The van der Waals surface area contributed by atoms with Gasteiger partial charge in [0.1, 0.15) is 5.75 Å². The van der Waals surface area contributed by atoms with E-state index < -0.39 is 15.6 Å². The van der Waals surface area contributed by atoms with E-state index in [-0.39, 0.29) is 11.4 Å². The number of ether oxygens (including phenoxy) is 1. The first-order valence-corrected chi connectivity index (χ1v) is 7.49. The highest BCUT2D eigenvalue weighted by molar-refractivity contribution is 7.89. The highest BCUT2D eigenvalue weighted by Gasteiger charge is 2.20. The summed E-state index contributed by atoms with van der Waals surface area (Å²) in [6, 6.07) is 3.19. The molecular weight excluding hydrogens is 264 g/mol. The Balaban J connectivity index is 3.09. The Morgan fingerprint density at radius 2 is 1.74 bits per heavy atom. The molecule has 0 unspecified atom stereocenters. The van der Waals surface area contributed by atoms with E-state index in [9.17, 15) is 8.42 Å². The second-order valence-corrected chi connectivity index (χ2v) is 7.17. The van der Waals surface area contributed by atoms with Crippen LogP contribution in [0, 0.1) is 13.8 Å². The summed E-state index contributed by atoms with van der Waals surface area (Å²) in [6.45, 7) is 7.34. The van der Waals surface area contributed by atoms with Crippen molar-refractivity contribution in [3.05, 3.63) is 23.3 Å². The SMILES string of the molecule is COc1c(C)cc(S(=O)(=O)NCC(C)(C)N)cc1C. The van der Waals surface area contributed by atoms with E-state index in [0.29, 0.717) is 5.75 Å². The smallest absolute Gasteiger partial charge is 0.240 e. The molecule has 3 N–H and O–H groups in total. The number of hydrogen-bond donors (Lipinski definition) is 2. The third-order valence-electron chi connectivity index (χ3n) is 2.67. The maximum absolute atomic E-state index is 12.2. The molecule has 0 saturated carbocycles. The zero-order valence-corrected chi connectivity index (χ0v) is 12.9. The predicted octanol–water partition coefficient (Wildman–Crippen LogP) is 1.33. The summed E-state index contributed by atoms with van der Waals surface area (Å²) in [7, 11) is -1.98. The lowest BCUT2D eigenvalue weighted by Gasteiger charge is -2.19. The van der Waals surface area contributed by atoms with Crippen LogP contribution in [-0.2, 0) is 10.0 Å². The molecule has 6 heteroatoms. The van der Waals surface area contributed by atoms with Crippen LogP contribution in [0.25, 0.3) is 0 Å². The molecule has 1 aromatic rings. The summed E-state index contributed by atoms with van der Waals surface area (Å²) < 4.78 is 32.1. The number of nitrogens with one attached hydrogen (secondary N) is 1. The first kappa shape index (κ1) is 15.9. The molecule has 0 heterocycles. The van der Waals surface area contributed by atoms with E-state index in [1.165, 1.54) is 0 Å². The molecule has 0 aromatic heterocycles.